The molecule has 0 saturated carbocycles. The second kappa shape index (κ2) is 9.09. The van der Waals surface area contributed by atoms with E-state index in [-0.39, 0.29) is 38.6 Å². The van der Waals surface area contributed by atoms with E-state index in [4.69, 9.17) is 39.9 Å². The summed E-state index contributed by atoms with van der Waals surface area (Å²) < 4.78 is 47.3. The van der Waals surface area contributed by atoms with Crippen molar-refractivity contribution in [3.05, 3.63) is 62.7 Å². The number of hydrogen-bond donors (Lipinski definition) is 2. The zero-order valence-corrected chi connectivity index (χ0v) is 18.4. The highest BCUT2D eigenvalue weighted by Crippen LogP contribution is 2.36. The van der Waals surface area contributed by atoms with E-state index in [2.05, 4.69) is 4.74 Å². The lowest BCUT2D eigenvalue weighted by molar-refractivity contribution is -0.155. The molecule has 170 valence electrons. The molecule has 0 aliphatic heterocycles. The number of amides is 1. The lowest BCUT2D eigenvalue weighted by Gasteiger charge is -2.23. The van der Waals surface area contributed by atoms with E-state index in [1.54, 1.807) is 6.92 Å². The summed E-state index contributed by atoms with van der Waals surface area (Å²) in [4.78, 5) is 23.7. The van der Waals surface area contributed by atoms with Gasteiger partial charge in [0.05, 0.1) is 10.5 Å². The predicted molar refractivity (Wildman–Crippen MR) is 114 cm³/mol. The predicted octanol–water partition coefficient (Wildman–Crippen LogP) is 6.71. The number of nitrogens with zero attached hydrogens (tertiary/aromatic N) is 1. The molecule has 0 bridgehead atoms. The molecule has 0 radical (unpaired) electrons. The van der Waals surface area contributed by atoms with Gasteiger partial charge < -0.3 is 19.7 Å². The Hall–Kier alpha value is -2.62. The highest BCUT2D eigenvalue weighted by Gasteiger charge is 2.42. The third-order valence-electron chi connectivity index (χ3n) is 4.52. The maximum atomic E-state index is 13.8. The summed E-state index contributed by atoms with van der Waals surface area (Å²) in [7, 11) is 0. The largest absolute Gasteiger partial charge is 0.511 e. The van der Waals surface area contributed by atoms with Gasteiger partial charge in [-0.2, -0.15) is 13.2 Å². The monoisotopic (exact) mass is 508 g/mol. The second-order valence-electron chi connectivity index (χ2n) is 6.63. The highest BCUT2D eigenvalue weighted by atomic mass is 35.5. The first-order chi connectivity index (χ1) is 14.9. The number of carbonyl (C=O) groups is 2. The molecule has 6 nitrogen and oxygen atoms in total. The minimum Gasteiger partial charge on any atom is -0.449 e. The number of benzene rings is 2. The lowest BCUT2D eigenvalue weighted by atomic mass is 10.1. The summed E-state index contributed by atoms with van der Waals surface area (Å²) in [5.74, 6) is -1.19. The van der Waals surface area contributed by atoms with Crippen LogP contribution in [-0.4, -0.2) is 27.9 Å². The number of halogens is 6. The Bertz CT molecular complexity index is 1190. The topological polar surface area (TPSA) is 80.6 Å². The van der Waals surface area contributed by atoms with Gasteiger partial charge >= 0.3 is 12.3 Å². The molecule has 1 atom stereocenters. The van der Waals surface area contributed by atoms with E-state index in [1.165, 1.54) is 28.8 Å². The smallest absolute Gasteiger partial charge is 0.449 e. The van der Waals surface area contributed by atoms with E-state index in [0.717, 1.165) is 12.1 Å². The molecule has 32 heavy (non-hydrogen) atoms. The number of aromatic nitrogens is 1. The van der Waals surface area contributed by atoms with Gasteiger partial charge in [-0.05, 0) is 48.9 Å². The van der Waals surface area contributed by atoms with Crippen molar-refractivity contribution < 1.29 is 32.6 Å². The van der Waals surface area contributed by atoms with Crippen LogP contribution < -0.4 is 10.1 Å². The Morgan fingerprint density at radius 1 is 1.09 bits per heavy atom. The molecule has 2 N–H and O–H groups in total. The molecule has 1 unspecified atom stereocenters. The number of ether oxygens (including phenoxy) is 1. The van der Waals surface area contributed by atoms with Gasteiger partial charge in [-0.3, -0.25) is 4.79 Å². The van der Waals surface area contributed by atoms with Gasteiger partial charge in [0.1, 0.15) is 5.69 Å². The molecule has 1 amide bonds. The minimum absolute atomic E-state index is 0.0146. The number of carboxylic acid groups (broad SMARTS) is 1. The molecular weight excluding hydrogens is 496 g/mol. The van der Waals surface area contributed by atoms with Crippen LogP contribution in [0.15, 0.2) is 36.4 Å². The Morgan fingerprint density at radius 2 is 1.72 bits per heavy atom. The van der Waals surface area contributed by atoms with Gasteiger partial charge in [-0.15, -0.1) is 0 Å². The molecule has 3 rings (SSSR count). The van der Waals surface area contributed by atoms with Gasteiger partial charge in [-0.25, -0.2) is 4.79 Å². The van der Waals surface area contributed by atoms with E-state index >= 15 is 0 Å². The van der Waals surface area contributed by atoms with Crippen LogP contribution in [0.1, 0.15) is 29.0 Å². The molecule has 0 fully saturated rings. The van der Waals surface area contributed by atoms with Crippen LogP contribution in [0.3, 0.4) is 0 Å². The quantitative estimate of drug-likeness (QED) is 0.296. The van der Waals surface area contributed by atoms with Crippen molar-refractivity contribution in [2.75, 3.05) is 0 Å². The SMILES string of the molecule is CCn1c(C(=O)NC(c2cc(Cl)cc(Cl)c2)C(F)(F)F)cc2cc(OC(=O)O)c(Cl)cc21. The van der Waals surface area contributed by atoms with Crippen molar-refractivity contribution in [1.82, 2.24) is 9.88 Å². The number of nitrogens with one attached hydrogen (secondary N) is 1. The van der Waals surface area contributed by atoms with Crippen molar-refractivity contribution in [3.8, 4) is 5.75 Å². The van der Waals surface area contributed by atoms with Crippen molar-refractivity contribution in [2.45, 2.75) is 25.7 Å². The number of aryl methyl sites for hydroxylation is 1. The molecule has 2 aromatic carbocycles. The van der Waals surface area contributed by atoms with Crippen LogP contribution >= 0.6 is 34.8 Å². The fourth-order valence-corrected chi connectivity index (χ4v) is 4.00. The Labute approximate surface area is 194 Å². The van der Waals surface area contributed by atoms with Crippen LogP contribution in [0, 0.1) is 0 Å². The van der Waals surface area contributed by atoms with Gasteiger partial charge in [0.2, 0.25) is 0 Å². The Balaban J connectivity index is 2.04. The van der Waals surface area contributed by atoms with Crippen molar-refractivity contribution >= 4 is 57.8 Å². The molecule has 1 aromatic heterocycles. The Kier molecular flexibility index (Phi) is 6.83. The summed E-state index contributed by atoms with van der Waals surface area (Å²) in [5, 5.41) is 11.1. The second-order valence-corrected chi connectivity index (χ2v) is 7.91. The zero-order chi connectivity index (χ0) is 23.8. The molecule has 1 heterocycles. The van der Waals surface area contributed by atoms with Gasteiger partial charge in [0.25, 0.3) is 5.91 Å². The summed E-state index contributed by atoms with van der Waals surface area (Å²) in [5.41, 5.74) is -0.00846. The van der Waals surface area contributed by atoms with Crippen LogP contribution in [0.2, 0.25) is 15.1 Å². The van der Waals surface area contributed by atoms with Crippen molar-refractivity contribution in [1.29, 1.82) is 0 Å². The summed E-state index contributed by atoms with van der Waals surface area (Å²) in [6.45, 7) is 1.91. The summed E-state index contributed by atoms with van der Waals surface area (Å²) in [6, 6.07) is 5.01. The summed E-state index contributed by atoms with van der Waals surface area (Å²) in [6.07, 6.45) is -6.43. The Morgan fingerprint density at radius 3 is 2.25 bits per heavy atom. The normalized spacial score (nSPS) is 12.6. The number of fused-ring (bicyclic) bond motifs is 1. The molecule has 0 spiro atoms. The standard InChI is InChI=1S/C20H14Cl3F3N2O4/c1-2-28-14-8-13(23)16(32-19(30)31)6-9(14)5-15(28)18(29)27-17(20(24,25)26)10-3-11(21)7-12(22)4-10/h3-8,17H,2H2,1H3,(H,27,29)(H,30,31). The number of rotatable bonds is 5. The van der Waals surface area contributed by atoms with Crippen molar-refractivity contribution in [2.24, 2.45) is 0 Å². The van der Waals surface area contributed by atoms with E-state index in [1.807, 2.05) is 5.32 Å². The first-order valence-corrected chi connectivity index (χ1v) is 10.1. The third-order valence-corrected chi connectivity index (χ3v) is 5.25. The van der Waals surface area contributed by atoms with Crippen LogP contribution in [0.4, 0.5) is 18.0 Å². The number of hydrogen-bond acceptors (Lipinski definition) is 3. The fourth-order valence-electron chi connectivity index (χ4n) is 3.27. The van der Waals surface area contributed by atoms with Crippen LogP contribution in [-0.2, 0) is 6.54 Å². The molecular formula is C20H14Cl3F3N2O4. The lowest BCUT2D eigenvalue weighted by Crippen LogP contribution is -2.38. The minimum atomic E-state index is -4.83. The zero-order valence-electron chi connectivity index (χ0n) is 16.1. The average Bonchev–Trinajstić information content (AvgIpc) is 3.01. The fraction of sp³-hybridized carbons (Fsp3) is 0.200. The molecule has 0 aliphatic rings. The molecule has 12 heteroatoms. The first kappa shape index (κ1) is 24.0. The van der Waals surface area contributed by atoms with Crippen LogP contribution in [0.5, 0.6) is 5.75 Å². The van der Waals surface area contributed by atoms with E-state index in [0.29, 0.717) is 10.9 Å². The van der Waals surface area contributed by atoms with Crippen LogP contribution in [0.25, 0.3) is 10.9 Å². The van der Waals surface area contributed by atoms with E-state index in [9.17, 15) is 22.8 Å². The number of carbonyl (C=O) groups excluding carboxylic acids is 1. The maximum absolute atomic E-state index is 13.8. The highest BCUT2D eigenvalue weighted by molar-refractivity contribution is 6.34. The van der Waals surface area contributed by atoms with Gasteiger partial charge in [0.15, 0.2) is 11.8 Å². The maximum Gasteiger partial charge on any atom is 0.511 e. The van der Waals surface area contributed by atoms with Crippen molar-refractivity contribution in [3.63, 3.8) is 0 Å². The molecule has 3 aromatic rings. The first-order valence-electron chi connectivity index (χ1n) is 8.97. The molecule has 0 aliphatic carbocycles. The van der Waals surface area contributed by atoms with Gasteiger partial charge in [0, 0.05) is 22.0 Å². The number of alkyl halides is 3. The summed E-state index contributed by atoms with van der Waals surface area (Å²) >= 11 is 17.7. The van der Waals surface area contributed by atoms with E-state index < -0.39 is 24.3 Å². The molecule has 0 saturated heterocycles. The average molecular weight is 510 g/mol. The third kappa shape index (κ3) is 5.06. The van der Waals surface area contributed by atoms with Gasteiger partial charge in [-0.1, -0.05) is 34.8 Å².